The lowest BCUT2D eigenvalue weighted by atomic mass is 10.0. The zero-order valence-corrected chi connectivity index (χ0v) is 16.0. The highest BCUT2D eigenvalue weighted by atomic mass is 16.1. The van der Waals surface area contributed by atoms with Gasteiger partial charge >= 0.3 is 0 Å². The van der Waals surface area contributed by atoms with E-state index in [2.05, 4.69) is 56.1 Å². The molecule has 0 radical (unpaired) electrons. The summed E-state index contributed by atoms with van der Waals surface area (Å²) >= 11 is 0. The number of aromatic nitrogens is 2. The number of hydrogen-bond acceptors (Lipinski definition) is 5. The number of rotatable bonds is 7. The summed E-state index contributed by atoms with van der Waals surface area (Å²) < 4.78 is 0. The highest BCUT2D eigenvalue weighted by Gasteiger charge is 2.18. The first-order valence-electron chi connectivity index (χ1n) is 10.0. The molecule has 1 aliphatic heterocycles. The van der Waals surface area contributed by atoms with Gasteiger partial charge in [0.05, 0.1) is 5.39 Å². The molecule has 0 amide bonds. The van der Waals surface area contributed by atoms with Crippen LogP contribution < -0.4 is 16.2 Å². The summed E-state index contributed by atoms with van der Waals surface area (Å²) in [6.07, 6.45) is 2.35. The zero-order chi connectivity index (χ0) is 19.2. The molecule has 0 unspecified atom stereocenters. The van der Waals surface area contributed by atoms with Crippen LogP contribution in [0.25, 0.3) is 10.8 Å². The molecule has 1 aromatic heterocycles. The molecule has 0 atom stereocenters. The molecule has 146 valence electrons. The van der Waals surface area contributed by atoms with Crippen LogP contribution in [0.3, 0.4) is 0 Å². The molecule has 0 bridgehead atoms. The van der Waals surface area contributed by atoms with Gasteiger partial charge in [-0.25, -0.2) is 5.10 Å². The number of fused-ring (bicyclic) bond motifs is 1. The number of nitrogens with zero attached hydrogens (tertiary/aromatic N) is 2. The van der Waals surface area contributed by atoms with E-state index in [0.717, 1.165) is 43.9 Å². The van der Waals surface area contributed by atoms with E-state index < -0.39 is 0 Å². The van der Waals surface area contributed by atoms with Gasteiger partial charge in [-0.2, -0.15) is 5.10 Å². The molecule has 1 saturated heterocycles. The van der Waals surface area contributed by atoms with Gasteiger partial charge in [-0.1, -0.05) is 48.5 Å². The van der Waals surface area contributed by atoms with Crippen LogP contribution in [0, 0.1) is 0 Å². The van der Waals surface area contributed by atoms with Crippen molar-refractivity contribution in [2.75, 3.05) is 31.5 Å². The number of H-pyrrole nitrogens is 1. The normalized spacial score (nSPS) is 15.7. The van der Waals surface area contributed by atoms with Crippen LogP contribution in [0.2, 0.25) is 0 Å². The summed E-state index contributed by atoms with van der Waals surface area (Å²) in [7, 11) is 0. The van der Waals surface area contributed by atoms with Gasteiger partial charge in [0.25, 0.3) is 5.56 Å². The van der Waals surface area contributed by atoms with Crippen molar-refractivity contribution in [2.45, 2.75) is 25.4 Å². The van der Waals surface area contributed by atoms with E-state index in [0.29, 0.717) is 11.4 Å². The number of likely N-dealkylation sites (tertiary alicyclic amines) is 1. The third kappa shape index (κ3) is 4.58. The Kier molecular flexibility index (Phi) is 5.99. The summed E-state index contributed by atoms with van der Waals surface area (Å²) in [6.45, 7) is 4.95. The Bertz CT molecular complexity index is 948. The summed E-state index contributed by atoms with van der Waals surface area (Å²) in [5.41, 5.74) is 1.24. The van der Waals surface area contributed by atoms with Crippen molar-refractivity contribution in [3.63, 3.8) is 0 Å². The Labute approximate surface area is 165 Å². The van der Waals surface area contributed by atoms with Gasteiger partial charge in [-0.15, -0.1) is 0 Å². The fourth-order valence-corrected chi connectivity index (χ4v) is 3.84. The van der Waals surface area contributed by atoms with Crippen molar-refractivity contribution in [2.24, 2.45) is 0 Å². The molecular weight excluding hydrogens is 350 g/mol. The van der Waals surface area contributed by atoms with Gasteiger partial charge in [0.2, 0.25) is 0 Å². The molecule has 0 saturated carbocycles. The van der Waals surface area contributed by atoms with Gasteiger partial charge in [0.15, 0.2) is 5.82 Å². The van der Waals surface area contributed by atoms with E-state index in [1.54, 1.807) is 0 Å². The second kappa shape index (κ2) is 8.99. The number of aromatic amines is 1. The van der Waals surface area contributed by atoms with Gasteiger partial charge in [-0.3, -0.25) is 9.69 Å². The first kappa shape index (κ1) is 18.7. The Morgan fingerprint density at radius 2 is 1.68 bits per heavy atom. The van der Waals surface area contributed by atoms with Crippen molar-refractivity contribution in [3.05, 3.63) is 70.5 Å². The predicted octanol–water partition coefficient (Wildman–Crippen LogP) is 2.59. The van der Waals surface area contributed by atoms with Crippen molar-refractivity contribution >= 4 is 16.6 Å². The minimum Gasteiger partial charge on any atom is -0.367 e. The Morgan fingerprint density at radius 3 is 2.46 bits per heavy atom. The minimum absolute atomic E-state index is 0.151. The monoisotopic (exact) mass is 377 g/mol. The maximum absolute atomic E-state index is 11.8. The number of piperidine rings is 1. The van der Waals surface area contributed by atoms with Crippen LogP contribution >= 0.6 is 0 Å². The average molecular weight is 377 g/mol. The molecule has 2 aromatic carbocycles. The topological polar surface area (TPSA) is 73.0 Å². The largest absolute Gasteiger partial charge is 0.367 e. The van der Waals surface area contributed by atoms with E-state index in [4.69, 9.17) is 0 Å². The molecule has 2 heterocycles. The fourth-order valence-electron chi connectivity index (χ4n) is 3.84. The Hall–Kier alpha value is -2.70. The van der Waals surface area contributed by atoms with Gasteiger partial charge < -0.3 is 10.6 Å². The molecular formula is C22H27N5O. The fraction of sp³-hybridized carbons (Fsp3) is 0.364. The number of hydrogen-bond donors (Lipinski definition) is 3. The van der Waals surface area contributed by atoms with Crippen LogP contribution in [-0.4, -0.2) is 47.3 Å². The molecule has 3 aromatic rings. The average Bonchev–Trinajstić information content (AvgIpc) is 2.75. The van der Waals surface area contributed by atoms with E-state index >= 15 is 0 Å². The van der Waals surface area contributed by atoms with Gasteiger partial charge in [0, 0.05) is 31.1 Å². The highest BCUT2D eigenvalue weighted by molar-refractivity contribution is 5.90. The molecule has 1 fully saturated rings. The zero-order valence-electron chi connectivity index (χ0n) is 16.0. The predicted molar refractivity (Wildman–Crippen MR) is 114 cm³/mol. The minimum atomic E-state index is -0.151. The van der Waals surface area contributed by atoms with E-state index in [1.165, 1.54) is 18.4 Å². The lowest BCUT2D eigenvalue weighted by Gasteiger charge is -2.32. The van der Waals surface area contributed by atoms with Crippen molar-refractivity contribution in [1.82, 2.24) is 20.4 Å². The van der Waals surface area contributed by atoms with Gasteiger partial charge in [0.1, 0.15) is 0 Å². The Balaban J connectivity index is 1.21. The maximum Gasteiger partial charge on any atom is 0.272 e. The van der Waals surface area contributed by atoms with Crippen LogP contribution in [0.1, 0.15) is 18.4 Å². The van der Waals surface area contributed by atoms with Crippen molar-refractivity contribution in [1.29, 1.82) is 0 Å². The van der Waals surface area contributed by atoms with E-state index in [1.807, 2.05) is 24.3 Å². The molecule has 4 rings (SSSR count). The number of nitrogens with one attached hydrogen (secondary N) is 3. The third-order valence-electron chi connectivity index (χ3n) is 5.38. The standard InChI is InChI=1S/C22H27N5O/c28-22-20-9-5-4-8-19(20)21(25-26-22)24-13-12-23-18-10-14-27(15-11-18)16-17-6-2-1-3-7-17/h1-9,18,23H,10-16H2,(H,24,25)(H,26,28). The molecule has 1 aliphatic rings. The number of anilines is 1. The SMILES string of the molecule is O=c1[nH]nc(NCCNC2CCN(Cc3ccccc3)CC2)c2ccccc12. The van der Waals surface area contributed by atoms with E-state index in [9.17, 15) is 4.79 Å². The summed E-state index contributed by atoms with van der Waals surface area (Å²) in [5, 5.41) is 15.2. The Morgan fingerprint density at radius 1 is 0.964 bits per heavy atom. The van der Waals surface area contributed by atoms with Gasteiger partial charge in [-0.05, 0) is 37.6 Å². The first-order chi connectivity index (χ1) is 13.8. The molecule has 28 heavy (non-hydrogen) atoms. The summed E-state index contributed by atoms with van der Waals surface area (Å²) in [5.74, 6) is 0.731. The molecule has 6 nitrogen and oxygen atoms in total. The van der Waals surface area contributed by atoms with Crippen molar-refractivity contribution in [3.8, 4) is 0 Å². The maximum atomic E-state index is 11.8. The second-order valence-electron chi connectivity index (χ2n) is 7.36. The van der Waals surface area contributed by atoms with Crippen LogP contribution in [0.4, 0.5) is 5.82 Å². The third-order valence-corrected chi connectivity index (χ3v) is 5.38. The van der Waals surface area contributed by atoms with E-state index in [-0.39, 0.29) is 5.56 Å². The first-order valence-corrected chi connectivity index (χ1v) is 10.0. The molecule has 0 aliphatic carbocycles. The lowest BCUT2D eigenvalue weighted by molar-refractivity contribution is 0.191. The summed E-state index contributed by atoms with van der Waals surface area (Å²) in [6, 6.07) is 18.8. The number of benzene rings is 2. The highest BCUT2D eigenvalue weighted by Crippen LogP contribution is 2.16. The molecule has 3 N–H and O–H groups in total. The van der Waals surface area contributed by atoms with Crippen molar-refractivity contribution < 1.29 is 0 Å². The second-order valence-corrected chi connectivity index (χ2v) is 7.36. The lowest BCUT2D eigenvalue weighted by Crippen LogP contribution is -2.43. The molecule has 0 spiro atoms. The van der Waals surface area contributed by atoms with Crippen LogP contribution in [-0.2, 0) is 6.54 Å². The van der Waals surface area contributed by atoms with Crippen LogP contribution in [0.5, 0.6) is 0 Å². The molecule has 6 heteroatoms. The quantitative estimate of drug-likeness (QED) is 0.552. The van der Waals surface area contributed by atoms with Crippen LogP contribution in [0.15, 0.2) is 59.4 Å². The summed E-state index contributed by atoms with van der Waals surface area (Å²) in [4.78, 5) is 14.4. The smallest absolute Gasteiger partial charge is 0.272 e.